The summed E-state index contributed by atoms with van der Waals surface area (Å²) in [5.41, 5.74) is 0.851. The van der Waals surface area contributed by atoms with Crippen molar-refractivity contribution in [1.29, 1.82) is 0 Å². The maximum atomic E-state index is 12.0. The number of rotatable bonds is 5. The molecule has 1 heterocycles. The molecular formula is C20H32BrN5O. The molecule has 7 heteroatoms. The van der Waals surface area contributed by atoms with Gasteiger partial charge in [0.15, 0.2) is 5.96 Å². The standard InChI is InChI=1S/C20H32BrN5O/c1-15(16-6-8-17(21)9-7-16)25-10-12-26(13-11-25)19(23-5)24-14-20(2,3)18(27)22-4/h6-9,15H,10-14H2,1-5H3,(H,22,27)(H,23,24). The third kappa shape index (κ3) is 5.69. The van der Waals surface area contributed by atoms with Crippen LogP contribution in [-0.2, 0) is 4.79 Å². The first-order valence-electron chi connectivity index (χ1n) is 9.46. The smallest absolute Gasteiger partial charge is 0.227 e. The van der Waals surface area contributed by atoms with Crippen molar-refractivity contribution in [3.8, 4) is 0 Å². The molecule has 1 saturated heterocycles. The summed E-state index contributed by atoms with van der Waals surface area (Å²) in [6, 6.07) is 8.96. The van der Waals surface area contributed by atoms with Crippen LogP contribution in [0.4, 0.5) is 0 Å². The van der Waals surface area contributed by atoms with Crippen LogP contribution in [0, 0.1) is 5.41 Å². The van der Waals surface area contributed by atoms with Crippen molar-refractivity contribution in [3.05, 3.63) is 34.3 Å². The molecule has 1 aliphatic heterocycles. The van der Waals surface area contributed by atoms with E-state index in [9.17, 15) is 4.79 Å². The predicted molar refractivity (Wildman–Crippen MR) is 115 cm³/mol. The highest BCUT2D eigenvalue weighted by Crippen LogP contribution is 2.23. The number of hydrogen-bond acceptors (Lipinski definition) is 3. The Kier molecular flexibility index (Phi) is 7.68. The van der Waals surface area contributed by atoms with E-state index in [1.54, 1.807) is 14.1 Å². The SMILES string of the molecule is CN=C(NCC(C)(C)C(=O)NC)N1CCN(C(C)c2ccc(Br)cc2)CC1. The van der Waals surface area contributed by atoms with Gasteiger partial charge < -0.3 is 15.5 Å². The fourth-order valence-electron chi connectivity index (χ4n) is 3.32. The lowest BCUT2D eigenvalue weighted by Crippen LogP contribution is -2.54. The highest BCUT2D eigenvalue weighted by Gasteiger charge is 2.28. The van der Waals surface area contributed by atoms with Gasteiger partial charge in [-0.05, 0) is 38.5 Å². The fraction of sp³-hybridized carbons (Fsp3) is 0.600. The Morgan fingerprint density at radius 3 is 2.33 bits per heavy atom. The number of aliphatic imine (C=N–C) groups is 1. The third-order valence-corrected chi connectivity index (χ3v) is 5.78. The van der Waals surface area contributed by atoms with E-state index in [1.807, 2.05) is 13.8 Å². The van der Waals surface area contributed by atoms with Crippen molar-refractivity contribution in [1.82, 2.24) is 20.4 Å². The monoisotopic (exact) mass is 437 g/mol. The predicted octanol–water partition coefficient (Wildman–Crippen LogP) is 2.48. The average molecular weight is 438 g/mol. The van der Waals surface area contributed by atoms with E-state index in [2.05, 4.69) is 72.5 Å². The summed E-state index contributed by atoms with van der Waals surface area (Å²) in [7, 11) is 3.47. The number of carbonyl (C=O) groups is 1. The van der Waals surface area contributed by atoms with Crippen molar-refractivity contribution in [2.75, 3.05) is 46.8 Å². The lowest BCUT2D eigenvalue weighted by atomic mass is 9.92. The van der Waals surface area contributed by atoms with Crippen LogP contribution >= 0.6 is 15.9 Å². The molecule has 27 heavy (non-hydrogen) atoms. The first-order chi connectivity index (χ1) is 12.8. The zero-order valence-corrected chi connectivity index (χ0v) is 18.6. The molecule has 0 spiro atoms. The van der Waals surface area contributed by atoms with Crippen molar-refractivity contribution in [2.45, 2.75) is 26.8 Å². The number of piperazine rings is 1. The van der Waals surface area contributed by atoms with Gasteiger partial charge in [0.1, 0.15) is 0 Å². The van der Waals surface area contributed by atoms with E-state index in [0.29, 0.717) is 12.6 Å². The Morgan fingerprint density at radius 1 is 1.22 bits per heavy atom. The summed E-state index contributed by atoms with van der Waals surface area (Å²) in [4.78, 5) is 21.2. The van der Waals surface area contributed by atoms with Crippen LogP contribution in [0.2, 0.25) is 0 Å². The minimum absolute atomic E-state index is 0.0265. The van der Waals surface area contributed by atoms with E-state index in [4.69, 9.17) is 0 Å². The Hall–Kier alpha value is -1.60. The number of hydrogen-bond donors (Lipinski definition) is 2. The number of amides is 1. The molecule has 1 unspecified atom stereocenters. The second-order valence-electron chi connectivity index (χ2n) is 7.61. The number of halogens is 1. The van der Waals surface area contributed by atoms with Gasteiger partial charge in [-0.2, -0.15) is 0 Å². The number of benzene rings is 1. The fourth-order valence-corrected chi connectivity index (χ4v) is 3.59. The zero-order valence-electron chi connectivity index (χ0n) is 17.1. The second kappa shape index (κ2) is 9.55. The Morgan fingerprint density at radius 2 is 1.81 bits per heavy atom. The maximum Gasteiger partial charge on any atom is 0.227 e. The first kappa shape index (κ1) is 21.7. The van der Waals surface area contributed by atoms with Crippen molar-refractivity contribution in [2.24, 2.45) is 10.4 Å². The Bertz CT molecular complexity index is 651. The number of nitrogens with zero attached hydrogens (tertiary/aromatic N) is 3. The molecule has 1 atom stereocenters. The van der Waals surface area contributed by atoms with E-state index in [1.165, 1.54) is 5.56 Å². The van der Waals surface area contributed by atoms with Gasteiger partial charge in [0.05, 0.1) is 5.41 Å². The lowest BCUT2D eigenvalue weighted by molar-refractivity contribution is -0.128. The molecule has 0 aliphatic carbocycles. The Balaban J connectivity index is 1.89. The summed E-state index contributed by atoms with van der Waals surface area (Å²) in [5, 5.41) is 6.09. The molecule has 2 N–H and O–H groups in total. The molecule has 0 saturated carbocycles. The average Bonchev–Trinajstić information content (AvgIpc) is 2.68. The van der Waals surface area contributed by atoms with Crippen molar-refractivity contribution < 1.29 is 4.79 Å². The highest BCUT2D eigenvalue weighted by atomic mass is 79.9. The summed E-state index contributed by atoms with van der Waals surface area (Å²) >= 11 is 3.50. The molecule has 1 aromatic rings. The van der Waals surface area contributed by atoms with Crippen LogP contribution in [0.25, 0.3) is 0 Å². The van der Waals surface area contributed by atoms with E-state index in [-0.39, 0.29) is 5.91 Å². The molecule has 1 aromatic carbocycles. The first-order valence-corrected chi connectivity index (χ1v) is 10.2. The van der Waals surface area contributed by atoms with Crippen LogP contribution < -0.4 is 10.6 Å². The molecule has 150 valence electrons. The maximum absolute atomic E-state index is 12.0. The van der Waals surface area contributed by atoms with Gasteiger partial charge in [0.25, 0.3) is 0 Å². The van der Waals surface area contributed by atoms with Gasteiger partial charge in [-0.3, -0.25) is 14.7 Å². The minimum Gasteiger partial charge on any atom is -0.359 e. The summed E-state index contributed by atoms with van der Waals surface area (Å²) < 4.78 is 1.11. The van der Waals surface area contributed by atoms with Gasteiger partial charge >= 0.3 is 0 Å². The molecule has 0 radical (unpaired) electrons. The van der Waals surface area contributed by atoms with Crippen LogP contribution in [0.1, 0.15) is 32.4 Å². The number of nitrogens with one attached hydrogen (secondary N) is 2. The van der Waals surface area contributed by atoms with Gasteiger partial charge in [0, 0.05) is 57.3 Å². The van der Waals surface area contributed by atoms with Crippen LogP contribution in [0.15, 0.2) is 33.7 Å². The topological polar surface area (TPSA) is 60.0 Å². The molecule has 1 amide bonds. The van der Waals surface area contributed by atoms with Gasteiger partial charge in [0.2, 0.25) is 5.91 Å². The lowest BCUT2D eigenvalue weighted by Gasteiger charge is -2.40. The molecule has 0 aromatic heterocycles. The molecule has 1 aliphatic rings. The number of guanidine groups is 1. The van der Waals surface area contributed by atoms with E-state index < -0.39 is 5.41 Å². The molecular weight excluding hydrogens is 406 g/mol. The van der Waals surface area contributed by atoms with Crippen molar-refractivity contribution >= 4 is 27.8 Å². The largest absolute Gasteiger partial charge is 0.359 e. The minimum atomic E-state index is -0.484. The third-order valence-electron chi connectivity index (χ3n) is 5.26. The normalized spacial score (nSPS) is 17.6. The molecule has 1 fully saturated rings. The highest BCUT2D eigenvalue weighted by molar-refractivity contribution is 9.10. The van der Waals surface area contributed by atoms with Crippen LogP contribution in [-0.4, -0.2) is 68.5 Å². The van der Waals surface area contributed by atoms with Crippen molar-refractivity contribution in [3.63, 3.8) is 0 Å². The summed E-state index contributed by atoms with van der Waals surface area (Å²) in [5.74, 6) is 0.890. The molecule has 2 rings (SSSR count). The second-order valence-corrected chi connectivity index (χ2v) is 8.53. The van der Waals surface area contributed by atoms with Crippen LogP contribution in [0.5, 0.6) is 0 Å². The summed E-state index contributed by atoms with van der Waals surface area (Å²) in [6.07, 6.45) is 0. The van der Waals surface area contributed by atoms with Gasteiger partial charge in [-0.1, -0.05) is 28.1 Å². The Labute approximate surface area is 171 Å². The van der Waals surface area contributed by atoms with Gasteiger partial charge in [-0.15, -0.1) is 0 Å². The molecule has 6 nitrogen and oxygen atoms in total. The van der Waals surface area contributed by atoms with E-state index >= 15 is 0 Å². The van der Waals surface area contributed by atoms with E-state index in [0.717, 1.165) is 36.6 Å². The summed E-state index contributed by atoms with van der Waals surface area (Å²) in [6.45, 7) is 10.5. The number of carbonyl (C=O) groups excluding carboxylic acids is 1. The van der Waals surface area contributed by atoms with Gasteiger partial charge in [-0.25, -0.2) is 0 Å². The quantitative estimate of drug-likeness (QED) is 0.548. The molecule has 0 bridgehead atoms. The van der Waals surface area contributed by atoms with Crippen LogP contribution in [0.3, 0.4) is 0 Å². The zero-order chi connectivity index (χ0) is 20.0.